The zero-order valence-electron chi connectivity index (χ0n) is 22.6. The van der Waals surface area contributed by atoms with Gasteiger partial charge in [-0.25, -0.2) is 4.98 Å². The molecular weight excluding hydrogens is 498 g/mol. The average molecular weight is 524 g/mol. The van der Waals surface area contributed by atoms with Crippen LogP contribution in [0.4, 0.5) is 0 Å². The predicted octanol–water partition coefficient (Wildman–Crippen LogP) is 9.78. The van der Waals surface area contributed by atoms with Crippen LogP contribution < -0.4 is 0 Å². The summed E-state index contributed by atoms with van der Waals surface area (Å²) in [6.07, 6.45) is 11.5. The Morgan fingerprint density at radius 2 is 1.46 bits per heavy atom. The van der Waals surface area contributed by atoms with Crippen LogP contribution in [0.3, 0.4) is 0 Å². The van der Waals surface area contributed by atoms with E-state index >= 15 is 0 Å². The van der Waals surface area contributed by atoms with Crippen LogP contribution >= 0.6 is 0 Å². The zero-order valence-corrected chi connectivity index (χ0v) is 22.6. The summed E-state index contributed by atoms with van der Waals surface area (Å²) in [5.74, 6) is 0. The van der Waals surface area contributed by atoms with Gasteiger partial charge in [0.15, 0.2) is 5.69 Å². The number of hydrogen-bond acceptors (Lipinski definition) is 3. The van der Waals surface area contributed by atoms with Gasteiger partial charge in [0.2, 0.25) is 0 Å². The van der Waals surface area contributed by atoms with Gasteiger partial charge in [-0.3, -0.25) is 4.98 Å². The minimum absolute atomic E-state index is 0.307. The predicted molar refractivity (Wildman–Crippen MR) is 170 cm³/mol. The molecule has 0 bridgehead atoms. The van der Waals surface area contributed by atoms with Crippen molar-refractivity contribution in [3.05, 3.63) is 139 Å². The van der Waals surface area contributed by atoms with Gasteiger partial charge in [-0.2, -0.15) is 5.26 Å². The van der Waals surface area contributed by atoms with Crippen LogP contribution in [0.15, 0.2) is 128 Å². The Morgan fingerprint density at radius 1 is 0.732 bits per heavy atom. The Bertz CT molecular complexity index is 2110. The molecule has 1 heterocycles. The highest BCUT2D eigenvalue weighted by molar-refractivity contribution is 6.27. The molecule has 0 radical (unpaired) electrons. The number of nitrogens with zero attached hydrogens (tertiary/aromatic N) is 3. The normalized spacial score (nSPS) is 12.1. The highest BCUT2D eigenvalue weighted by Crippen LogP contribution is 2.57. The number of aromatic nitrogens is 2. The summed E-state index contributed by atoms with van der Waals surface area (Å²) in [7, 11) is 0. The van der Waals surface area contributed by atoms with Crippen LogP contribution in [-0.2, 0) is 0 Å². The molecule has 0 saturated carbocycles. The Morgan fingerprint density at radius 3 is 2.20 bits per heavy atom. The molecule has 0 unspecified atom stereocenters. The standard InChI is InChI=1S/C38H25N3/c1-3-11-24(12-4-2)34-29-15-8-9-16-30(29)35(25-13-6-5-7-14-25)38-32-20-19-27(33-23-40-26(21-39)22-41-33)28-17-10-18-31(36(28)32)37(34)38/h3-20,22-23H,1H2,2H3/b12-4-,24-11+. The van der Waals surface area contributed by atoms with Gasteiger partial charge < -0.3 is 0 Å². The van der Waals surface area contributed by atoms with E-state index in [1.54, 1.807) is 6.20 Å². The number of hydrogen-bond donors (Lipinski definition) is 0. The average Bonchev–Trinajstić information content (AvgIpc) is 3.35. The molecule has 0 aliphatic heterocycles. The van der Waals surface area contributed by atoms with Crippen LogP contribution in [0.5, 0.6) is 0 Å². The topological polar surface area (TPSA) is 49.6 Å². The summed E-state index contributed by atoms with van der Waals surface area (Å²) < 4.78 is 0. The minimum Gasteiger partial charge on any atom is -0.252 e. The summed E-state index contributed by atoms with van der Waals surface area (Å²) in [4.78, 5) is 8.89. The third-order valence-corrected chi connectivity index (χ3v) is 7.83. The van der Waals surface area contributed by atoms with E-state index in [2.05, 4.69) is 133 Å². The van der Waals surface area contributed by atoms with Gasteiger partial charge in [-0.15, -0.1) is 0 Å². The van der Waals surface area contributed by atoms with Crippen molar-refractivity contribution < 1.29 is 0 Å². The summed E-state index contributed by atoms with van der Waals surface area (Å²) in [5.41, 5.74) is 11.7. The van der Waals surface area contributed by atoms with Crippen molar-refractivity contribution in [1.82, 2.24) is 9.97 Å². The molecule has 0 saturated heterocycles. The van der Waals surface area contributed by atoms with Crippen molar-refractivity contribution in [3.8, 4) is 50.7 Å². The fourth-order valence-corrected chi connectivity index (χ4v) is 6.28. The second-order valence-electron chi connectivity index (χ2n) is 10.1. The number of nitriles is 1. The number of benzene rings is 5. The van der Waals surface area contributed by atoms with E-state index in [1.165, 1.54) is 61.3 Å². The molecule has 0 fully saturated rings. The van der Waals surface area contributed by atoms with Crippen molar-refractivity contribution in [1.29, 1.82) is 5.26 Å². The van der Waals surface area contributed by atoms with E-state index in [1.807, 2.05) is 6.08 Å². The Kier molecular flexibility index (Phi) is 5.88. The Labute approximate surface area is 239 Å². The summed E-state index contributed by atoms with van der Waals surface area (Å²) in [5, 5.41) is 14.0. The summed E-state index contributed by atoms with van der Waals surface area (Å²) >= 11 is 0. The lowest BCUT2D eigenvalue weighted by Gasteiger charge is -2.20. The molecule has 6 aromatic rings. The SMILES string of the molecule is C=C/C=C(\C=C/C)c1c2c(c(-c3ccccc3)c3ccccc13)-c1ccc(-c3cnc(C#N)cn3)c3cccc-2c13. The molecule has 7 rings (SSSR count). The van der Waals surface area contributed by atoms with Crippen LogP contribution in [0.2, 0.25) is 0 Å². The summed E-state index contributed by atoms with van der Waals surface area (Å²) in [6, 6.07) is 32.4. The van der Waals surface area contributed by atoms with Crippen molar-refractivity contribution in [3.63, 3.8) is 0 Å². The molecule has 1 aliphatic carbocycles. The fraction of sp³-hybridized carbons (Fsp3) is 0.0263. The van der Waals surface area contributed by atoms with Gasteiger partial charge in [0, 0.05) is 5.56 Å². The molecule has 1 aromatic heterocycles. The van der Waals surface area contributed by atoms with Crippen LogP contribution in [0.1, 0.15) is 18.2 Å². The second-order valence-corrected chi connectivity index (χ2v) is 10.1. The molecule has 0 amide bonds. The van der Waals surface area contributed by atoms with Gasteiger partial charge in [0.1, 0.15) is 6.07 Å². The second kappa shape index (κ2) is 9.86. The van der Waals surface area contributed by atoms with Gasteiger partial charge in [-0.05, 0) is 73.0 Å². The van der Waals surface area contributed by atoms with E-state index in [4.69, 9.17) is 0 Å². The highest BCUT2D eigenvalue weighted by Gasteiger charge is 2.31. The van der Waals surface area contributed by atoms with Crippen LogP contribution in [-0.4, -0.2) is 9.97 Å². The molecule has 192 valence electrons. The van der Waals surface area contributed by atoms with Crippen molar-refractivity contribution in [2.75, 3.05) is 0 Å². The van der Waals surface area contributed by atoms with Crippen molar-refractivity contribution >= 4 is 27.1 Å². The smallest absolute Gasteiger partial charge is 0.158 e. The van der Waals surface area contributed by atoms with Gasteiger partial charge in [-0.1, -0.05) is 116 Å². The maximum atomic E-state index is 9.23. The zero-order chi connectivity index (χ0) is 27.9. The van der Waals surface area contributed by atoms with Gasteiger partial charge in [0.05, 0.1) is 18.1 Å². The van der Waals surface area contributed by atoms with E-state index in [0.717, 1.165) is 22.2 Å². The fourth-order valence-electron chi connectivity index (χ4n) is 6.28. The largest absolute Gasteiger partial charge is 0.252 e. The molecule has 1 aliphatic rings. The molecule has 3 nitrogen and oxygen atoms in total. The number of fused-ring (bicyclic) bond motifs is 4. The lowest BCUT2D eigenvalue weighted by Crippen LogP contribution is -1.95. The number of rotatable bonds is 5. The van der Waals surface area contributed by atoms with Gasteiger partial charge >= 0.3 is 0 Å². The molecular formula is C38H25N3. The van der Waals surface area contributed by atoms with E-state index in [-0.39, 0.29) is 0 Å². The molecule has 3 heteroatoms. The minimum atomic E-state index is 0.307. The summed E-state index contributed by atoms with van der Waals surface area (Å²) in [6.45, 7) is 6.09. The third-order valence-electron chi connectivity index (χ3n) is 7.83. The van der Waals surface area contributed by atoms with Gasteiger partial charge in [0.25, 0.3) is 0 Å². The maximum Gasteiger partial charge on any atom is 0.158 e. The molecule has 0 atom stereocenters. The van der Waals surface area contributed by atoms with Crippen molar-refractivity contribution in [2.45, 2.75) is 6.92 Å². The van der Waals surface area contributed by atoms with E-state index < -0.39 is 0 Å². The first-order chi connectivity index (χ1) is 20.2. The van der Waals surface area contributed by atoms with Crippen molar-refractivity contribution in [2.24, 2.45) is 0 Å². The monoisotopic (exact) mass is 523 g/mol. The highest BCUT2D eigenvalue weighted by atomic mass is 14.8. The Balaban J connectivity index is 1.67. The first-order valence-corrected chi connectivity index (χ1v) is 13.6. The molecule has 41 heavy (non-hydrogen) atoms. The first-order valence-electron chi connectivity index (χ1n) is 13.6. The molecule has 0 spiro atoms. The molecule has 5 aromatic carbocycles. The quantitative estimate of drug-likeness (QED) is 0.211. The molecule has 0 N–H and O–H groups in total. The Hall–Kier alpha value is -5.59. The lowest BCUT2D eigenvalue weighted by atomic mass is 9.82. The third kappa shape index (κ3) is 3.73. The van der Waals surface area contributed by atoms with E-state index in [9.17, 15) is 5.26 Å². The lowest BCUT2D eigenvalue weighted by molar-refractivity contribution is 1.17. The van der Waals surface area contributed by atoms with E-state index in [0.29, 0.717) is 5.69 Å². The van der Waals surface area contributed by atoms with Crippen LogP contribution in [0, 0.1) is 11.3 Å². The number of allylic oxidation sites excluding steroid dienone is 5. The van der Waals surface area contributed by atoms with Crippen LogP contribution in [0.25, 0.3) is 71.8 Å². The maximum absolute atomic E-state index is 9.23. The first kappa shape index (κ1) is 24.5.